The highest BCUT2D eigenvalue weighted by Crippen LogP contribution is 2.35. The van der Waals surface area contributed by atoms with Crippen molar-refractivity contribution in [3.8, 4) is 5.75 Å². The van der Waals surface area contributed by atoms with Gasteiger partial charge in [0.05, 0.1) is 19.3 Å². The Kier molecular flexibility index (Phi) is 6.48. The van der Waals surface area contributed by atoms with E-state index in [2.05, 4.69) is 14.9 Å². The average Bonchev–Trinajstić information content (AvgIpc) is 3.26. The lowest BCUT2D eigenvalue weighted by atomic mass is 9.99. The number of fused-ring (bicyclic) bond motifs is 1. The Morgan fingerprint density at radius 1 is 1.39 bits per heavy atom. The van der Waals surface area contributed by atoms with Crippen molar-refractivity contribution in [1.82, 2.24) is 19.8 Å². The molecule has 10 heteroatoms. The van der Waals surface area contributed by atoms with Gasteiger partial charge in [-0.05, 0) is 36.2 Å². The van der Waals surface area contributed by atoms with Gasteiger partial charge >= 0.3 is 5.97 Å². The lowest BCUT2D eigenvalue weighted by Gasteiger charge is -2.42. The summed E-state index contributed by atoms with van der Waals surface area (Å²) < 4.78 is 31.9. The number of hydrogen-bond donors (Lipinski definition) is 3. The molecule has 1 aromatic carbocycles. The van der Waals surface area contributed by atoms with Crippen LogP contribution in [0, 0.1) is 6.92 Å². The summed E-state index contributed by atoms with van der Waals surface area (Å²) in [5.41, 5.74) is 9.54. The van der Waals surface area contributed by atoms with Gasteiger partial charge in [0.15, 0.2) is 5.69 Å². The van der Waals surface area contributed by atoms with E-state index in [1.807, 2.05) is 25.3 Å². The number of hydrogen-bond acceptors (Lipinski definition) is 6. The fourth-order valence-corrected chi connectivity index (χ4v) is 4.59. The zero-order valence-corrected chi connectivity index (χ0v) is 18.5. The van der Waals surface area contributed by atoms with E-state index in [-0.39, 0.29) is 24.0 Å². The molecule has 3 aromatic rings. The van der Waals surface area contributed by atoms with Gasteiger partial charge in [-0.3, -0.25) is 9.80 Å². The van der Waals surface area contributed by atoms with Crippen molar-refractivity contribution < 1.29 is 23.4 Å². The molecule has 176 valence electrons. The van der Waals surface area contributed by atoms with E-state index in [9.17, 15) is 18.7 Å². The Morgan fingerprint density at radius 3 is 2.85 bits per heavy atom. The number of carboxylic acids is 1. The SMILES string of the molecule is COc1cc(C)c2[nH]ccc2c1CN1CCN(CC(F)F)C[C@H]1c1cnc(C(=O)O)c(N)c1. The lowest BCUT2D eigenvalue weighted by Crippen LogP contribution is -2.49. The third kappa shape index (κ3) is 4.62. The molecule has 0 amide bonds. The molecule has 0 radical (unpaired) electrons. The van der Waals surface area contributed by atoms with Crippen LogP contribution in [0.25, 0.3) is 10.9 Å². The van der Waals surface area contributed by atoms with Gasteiger partial charge in [-0.25, -0.2) is 18.6 Å². The molecule has 1 fully saturated rings. The number of methoxy groups -OCH3 is 1. The molecule has 1 atom stereocenters. The monoisotopic (exact) mass is 459 g/mol. The Bertz CT molecular complexity index is 1170. The summed E-state index contributed by atoms with van der Waals surface area (Å²) >= 11 is 0. The summed E-state index contributed by atoms with van der Waals surface area (Å²) in [5, 5.41) is 10.3. The Balaban J connectivity index is 1.71. The van der Waals surface area contributed by atoms with Gasteiger partial charge in [0, 0.05) is 61.1 Å². The molecule has 4 rings (SSSR count). The van der Waals surface area contributed by atoms with Gasteiger partial charge in [-0.1, -0.05) is 0 Å². The number of aryl methyl sites for hydroxylation is 1. The number of aromatic amines is 1. The number of alkyl halides is 2. The number of piperazine rings is 1. The molecule has 4 N–H and O–H groups in total. The molecule has 2 aromatic heterocycles. The van der Waals surface area contributed by atoms with Crippen LogP contribution in [-0.4, -0.2) is 70.6 Å². The van der Waals surface area contributed by atoms with Crippen molar-refractivity contribution in [3.63, 3.8) is 0 Å². The number of nitrogen functional groups attached to an aromatic ring is 1. The molecule has 33 heavy (non-hydrogen) atoms. The van der Waals surface area contributed by atoms with E-state index in [0.29, 0.717) is 31.7 Å². The standard InChI is InChI=1S/C23H27F2N5O3/c1-13-7-19(33-2)16(15-3-4-27-21(13)15)10-30-6-5-29(12-20(24)25)11-18(30)14-8-17(26)22(23(31)32)28-9-14/h3-4,7-9,18,20,27H,5-6,10-12,26H2,1-2H3,(H,31,32)/t18-/m0/s1. The number of nitrogens with two attached hydrogens (primary N) is 1. The van der Waals surface area contributed by atoms with Gasteiger partial charge in [-0.15, -0.1) is 0 Å². The second kappa shape index (κ2) is 9.32. The zero-order chi connectivity index (χ0) is 23.7. The number of ether oxygens (including phenoxy) is 1. The number of anilines is 1. The van der Waals surface area contributed by atoms with Crippen LogP contribution in [0.3, 0.4) is 0 Å². The lowest BCUT2D eigenvalue weighted by molar-refractivity contribution is 0.0245. The summed E-state index contributed by atoms with van der Waals surface area (Å²) in [7, 11) is 1.63. The molecule has 3 heterocycles. The second-order valence-corrected chi connectivity index (χ2v) is 8.29. The number of carboxylic acid groups (broad SMARTS) is 1. The number of rotatable bonds is 7. The zero-order valence-electron chi connectivity index (χ0n) is 18.5. The summed E-state index contributed by atoms with van der Waals surface area (Å²) in [5.74, 6) is -0.453. The summed E-state index contributed by atoms with van der Waals surface area (Å²) in [6.45, 7) is 3.59. The smallest absolute Gasteiger partial charge is 0.356 e. The first kappa shape index (κ1) is 22.9. The van der Waals surface area contributed by atoms with E-state index in [1.54, 1.807) is 18.1 Å². The molecule has 8 nitrogen and oxygen atoms in total. The predicted molar refractivity (Wildman–Crippen MR) is 121 cm³/mol. The topological polar surface area (TPSA) is 108 Å². The van der Waals surface area contributed by atoms with Crippen molar-refractivity contribution in [2.45, 2.75) is 25.9 Å². The van der Waals surface area contributed by atoms with Crippen molar-refractivity contribution >= 4 is 22.6 Å². The predicted octanol–water partition coefficient (Wildman–Crippen LogP) is 3.28. The number of benzene rings is 1. The van der Waals surface area contributed by atoms with Crippen LogP contribution >= 0.6 is 0 Å². The third-order valence-corrected chi connectivity index (χ3v) is 6.19. The molecule has 0 saturated carbocycles. The van der Waals surface area contributed by atoms with E-state index >= 15 is 0 Å². The van der Waals surface area contributed by atoms with Gasteiger partial charge in [0.1, 0.15) is 5.75 Å². The largest absolute Gasteiger partial charge is 0.496 e. The molecule has 0 aliphatic carbocycles. The van der Waals surface area contributed by atoms with Crippen LogP contribution in [0.4, 0.5) is 14.5 Å². The third-order valence-electron chi connectivity index (χ3n) is 6.19. The molecular formula is C23H27F2N5O3. The molecule has 1 aliphatic rings. The summed E-state index contributed by atoms with van der Waals surface area (Å²) in [6, 6.07) is 5.27. The quantitative estimate of drug-likeness (QED) is 0.498. The van der Waals surface area contributed by atoms with Crippen LogP contribution in [0.15, 0.2) is 30.6 Å². The van der Waals surface area contributed by atoms with Gasteiger partial charge in [-0.2, -0.15) is 0 Å². The van der Waals surface area contributed by atoms with Crippen LogP contribution < -0.4 is 10.5 Å². The van der Waals surface area contributed by atoms with Gasteiger partial charge in [0.25, 0.3) is 6.43 Å². The molecule has 0 spiro atoms. The van der Waals surface area contributed by atoms with Crippen molar-refractivity contribution in [2.24, 2.45) is 0 Å². The maximum Gasteiger partial charge on any atom is 0.356 e. The number of carbonyl (C=O) groups is 1. The minimum atomic E-state index is -2.44. The fraction of sp³-hybridized carbons (Fsp3) is 0.391. The number of aromatic nitrogens is 2. The van der Waals surface area contributed by atoms with Crippen LogP contribution in [0.5, 0.6) is 5.75 Å². The molecular weight excluding hydrogens is 432 g/mol. The minimum Gasteiger partial charge on any atom is -0.496 e. The number of pyridine rings is 1. The fourth-order valence-electron chi connectivity index (χ4n) is 4.59. The highest BCUT2D eigenvalue weighted by atomic mass is 19.3. The van der Waals surface area contributed by atoms with Crippen molar-refractivity contribution in [1.29, 1.82) is 0 Å². The van der Waals surface area contributed by atoms with E-state index < -0.39 is 12.4 Å². The first-order valence-electron chi connectivity index (χ1n) is 10.6. The summed E-state index contributed by atoms with van der Waals surface area (Å²) in [6.07, 6.45) is 0.918. The first-order valence-corrected chi connectivity index (χ1v) is 10.6. The van der Waals surface area contributed by atoms with Gasteiger partial charge in [0.2, 0.25) is 0 Å². The Hall–Kier alpha value is -3.24. The number of H-pyrrole nitrogens is 1. The number of nitrogens with zero attached hydrogens (tertiary/aromatic N) is 3. The second-order valence-electron chi connectivity index (χ2n) is 8.29. The molecule has 0 unspecified atom stereocenters. The highest BCUT2D eigenvalue weighted by molar-refractivity contribution is 5.91. The maximum absolute atomic E-state index is 13.1. The first-order chi connectivity index (χ1) is 15.8. The Morgan fingerprint density at radius 2 is 2.18 bits per heavy atom. The van der Waals surface area contributed by atoms with Crippen LogP contribution in [-0.2, 0) is 6.54 Å². The van der Waals surface area contributed by atoms with E-state index in [1.165, 1.54) is 6.20 Å². The number of nitrogens with one attached hydrogen (secondary N) is 1. The average molecular weight is 459 g/mol. The molecule has 1 saturated heterocycles. The van der Waals surface area contributed by atoms with Crippen LogP contribution in [0.2, 0.25) is 0 Å². The molecule has 1 aliphatic heterocycles. The highest BCUT2D eigenvalue weighted by Gasteiger charge is 2.31. The number of halogens is 2. The minimum absolute atomic E-state index is 0.0480. The maximum atomic E-state index is 13.1. The van der Waals surface area contributed by atoms with Crippen molar-refractivity contribution in [2.75, 3.05) is 39.0 Å². The molecule has 0 bridgehead atoms. The van der Waals surface area contributed by atoms with Gasteiger partial charge < -0.3 is 20.6 Å². The van der Waals surface area contributed by atoms with Crippen molar-refractivity contribution in [3.05, 3.63) is 53.0 Å². The van der Waals surface area contributed by atoms with E-state index in [4.69, 9.17) is 10.5 Å². The van der Waals surface area contributed by atoms with E-state index in [0.717, 1.165) is 27.8 Å². The Labute approximate surface area is 190 Å². The normalized spacial score (nSPS) is 17.7. The van der Waals surface area contributed by atoms with Crippen LogP contribution in [0.1, 0.15) is 33.2 Å². The summed E-state index contributed by atoms with van der Waals surface area (Å²) in [4.78, 5) is 22.5. The number of aromatic carboxylic acids is 1.